The smallest absolute Gasteiger partial charge is 0.446 e. The predicted octanol–water partition coefficient (Wildman–Crippen LogP) is 0.949. The molecule has 0 aromatic heterocycles. The molecular formula is C13H12N2O8S2. The van der Waals surface area contributed by atoms with Gasteiger partial charge in [-0.3, -0.25) is 9.27 Å². The molecule has 0 heterocycles. The molecule has 5 N–H and O–H groups in total. The summed E-state index contributed by atoms with van der Waals surface area (Å²) in [7, 11) is -9.38. The molecule has 10 nitrogen and oxygen atoms in total. The van der Waals surface area contributed by atoms with Gasteiger partial charge in [-0.1, -0.05) is 18.2 Å². The number of rotatable bonds is 6. The lowest BCUT2D eigenvalue weighted by Crippen LogP contribution is -2.18. The molecule has 0 saturated carbocycles. The summed E-state index contributed by atoms with van der Waals surface area (Å²) in [5.74, 6) is -2.59. The summed E-state index contributed by atoms with van der Waals surface area (Å²) in [5.41, 5.74) is 3.94. The van der Waals surface area contributed by atoms with Crippen LogP contribution in [0.3, 0.4) is 0 Å². The summed E-state index contributed by atoms with van der Waals surface area (Å²) in [6.45, 7) is 0. The molecule has 25 heavy (non-hydrogen) atoms. The molecule has 0 radical (unpaired) electrons. The number of anilines is 2. The van der Waals surface area contributed by atoms with Crippen LogP contribution in [-0.2, 0) is 20.4 Å². The number of carboxylic acids is 1. The number of hydrogen-bond acceptors (Lipinski definition) is 7. The van der Waals surface area contributed by atoms with Crippen molar-refractivity contribution in [3.05, 3.63) is 48.0 Å². The van der Waals surface area contributed by atoms with Gasteiger partial charge in [0.1, 0.15) is 11.3 Å². The van der Waals surface area contributed by atoms with E-state index in [2.05, 4.69) is 4.18 Å². The minimum atomic E-state index is -5.15. The molecule has 0 aliphatic heterocycles. The maximum absolute atomic E-state index is 12.4. The monoisotopic (exact) mass is 388 g/mol. The van der Waals surface area contributed by atoms with Gasteiger partial charge in [-0.25, -0.2) is 13.2 Å². The quantitative estimate of drug-likeness (QED) is 0.415. The Morgan fingerprint density at radius 2 is 1.64 bits per heavy atom. The number of benzene rings is 2. The van der Waals surface area contributed by atoms with Crippen molar-refractivity contribution in [1.82, 2.24) is 0 Å². The molecule has 0 bridgehead atoms. The van der Waals surface area contributed by atoms with E-state index in [1.54, 1.807) is 6.07 Å². The fraction of sp³-hybridized carbons (Fsp3) is 0. The van der Waals surface area contributed by atoms with Crippen LogP contribution in [0.2, 0.25) is 0 Å². The van der Waals surface area contributed by atoms with E-state index in [1.807, 2.05) is 4.72 Å². The van der Waals surface area contributed by atoms with Crippen molar-refractivity contribution >= 4 is 37.8 Å². The van der Waals surface area contributed by atoms with Crippen molar-refractivity contribution in [1.29, 1.82) is 0 Å². The van der Waals surface area contributed by atoms with Gasteiger partial charge in [0.15, 0.2) is 5.75 Å². The van der Waals surface area contributed by atoms with Crippen molar-refractivity contribution in [3.8, 4) is 5.75 Å². The summed E-state index contributed by atoms with van der Waals surface area (Å²) in [4.78, 5) is 11.0. The highest BCUT2D eigenvalue weighted by Crippen LogP contribution is 2.37. The highest BCUT2D eigenvalue weighted by Gasteiger charge is 2.26. The zero-order valence-electron chi connectivity index (χ0n) is 12.3. The van der Waals surface area contributed by atoms with E-state index < -0.39 is 43.4 Å². The van der Waals surface area contributed by atoms with Crippen LogP contribution >= 0.6 is 0 Å². The number of nitrogens with two attached hydrogens (primary N) is 1. The van der Waals surface area contributed by atoms with Gasteiger partial charge in [0, 0.05) is 0 Å². The molecule has 12 heteroatoms. The Labute approximate surface area is 142 Å². The molecule has 0 amide bonds. The Balaban J connectivity index is 2.64. The third kappa shape index (κ3) is 4.37. The first-order valence-electron chi connectivity index (χ1n) is 6.42. The van der Waals surface area contributed by atoms with Gasteiger partial charge < -0.3 is 15.0 Å². The molecule has 0 saturated heterocycles. The van der Waals surface area contributed by atoms with Crippen LogP contribution in [0.4, 0.5) is 11.4 Å². The molecule has 0 spiro atoms. The van der Waals surface area contributed by atoms with E-state index in [0.717, 1.165) is 12.1 Å². The first-order chi connectivity index (χ1) is 11.5. The third-order valence-corrected chi connectivity index (χ3v) is 4.64. The van der Waals surface area contributed by atoms with Gasteiger partial charge in [0.25, 0.3) is 10.0 Å². The van der Waals surface area contributed by atoms with E-state index in [-0.39, 0.29) is 10.6 Å². The predicted molar refractivity (Wildman–Crippen MR) is 87.2 cm³/mol. The number of hydrogen-bond donors (Lipinski definition) is 4. The van der Waals surface area contributed by atoms with Gasteiger partial charge in [-0.05, 0) is 24.3 Å². The number of carbonyl (C=O) groups is 1. The van der Waals surface area contributed by atoms with Crippen molar-refractivity contribution < 1.29 is 35.5 Å². The number of nitrogen functional groups attached to an aromatic ring is 1. The zero-order valence-corrected chi connectivity index (χ0v) is 13.9. The molecular weight excluding hydrogens is 376 g/mol. The summed E-state index contributed by atoms with van der Waals surface area (Å²) in [6.07, 6.45) is 0. The lowest BCUT2D eigenvalue weighted by Gasteiger charge is -2.16. The minimum Gasteiger partial charge on any atom is -0.478 e. The number of carboxylic acid groups (broad SMARTS) is 1. The summed E-state index contributed by atoms with van der Waals surface area (Å²) in [6, 6.07) is 8.92. The van der Waals surface area contributed by atoms with E-state index in [0.29, 0.717) is 0 Å². The second-order valence-electron chi connectivity index (χ2n) is 4.64. The van der Waals surface area contributed by atoms with Gasteiger partial charge in [-0.2, -0.15) is 8.42 Å². The molecule has 0 unspecified atom stereocenters. The van der Waals surface area contributed by atoms with Crippen LogP contribution in [0.1, 0.15) is 10.4 Å². The van der Waals surface area contributed by atoms with Crippen LogP contribution in [0, 0.1) is 0 Å². The Bertz CT molecular complexity index is 1020. The standard InChI is InChI=1S/C13H12N2O8S2/c14-10-7-6-9(13(16)17)12(23-25(20,21)22)11(10)15-24(18,19)8-4-2-1-3-5-8/h1-7,15H,14H2,(H,16,17)(H,20,21,22). The maximum atomic E-state index is 12.4. The molecule has 2 aromatic rings. The van der Waals surface area contributed by atoms with Gasteiger partial charge in [0.2, 0.25) is 0 Å². The highest BCUT2D eigenvalue weighted by molar-refractivity contribution is 7.92. The van der Waals surface area contributed by atoms with E-state index in [1.165, 1.54) is 24.3 Å². The molecule has 0 aliphatic carbocycles. The number of nitrogens with one attached hydrogen (secondary N) is 1. The van der Waals surface area contributed by atoms with Crippen molar-refractivity contribution in [2.24, 2.45) is 0 Å². The van der Waals surface area contributed by atoms with E-state index in [9.17, 15) is 21.6 Å². The van der Waals surface area contributed by atoms with Crippen LogP contribution < -0.4 is 14.6 Å². The van der Waals surface area contributed by atoms with Gasteiger partial charge in [0.05, 0.1) is 10.6 Å². The van der Waals surface area contributed by atoms with E-state index >= 15 is 0 Å². The first-order valence-corrected chi connectivity index (χ1v) is 9.26. The van der Waals surface area contributed by atoms with Crippen molar-refractivity contribution in [3.63, 3.8) is 0 Å². The topological polar surface area (TPSA) is 173 Å². The SMILES string of the molecule is Nc1ccc(C(=O)O)c(OS(=O)(=O)O)c1NS(=O)(=O)c1ccccc1. The molecule has 0 fully saturated rings. The van der Waals surface area contributed by atoms with Crippen molar-refractivity contribution in [2.75, 3.05) is 10.5 Å². The minimum absolute atomic E-state index is 0.187. The Kier molecular flexibility index (Phi) is 4.87. The average Bonchev–Trinajstić information content (AvgIpc) is 2.50. The molecule has 0 atom stereocenters. The van der Waals surface area contributed by atoms with Crippen LogP contribution in [0.25, 0.3) is 0 Å². The largest absolute Gasteiger partial charge is 0.478 e. The van der Waals surface area contributed by atoms with Crippen LogP contribution in [-0.4, -0.2) is 32.5 Å². The van der Waals surface area contributed by atoms with Crippen LogP contribution in [0.5, 0.6) is 5.75 Å². The fourth-order valence-electron chi connectivity index (χ4n) is 1.86. The number of aromatic carboxylic acids is 1. The number of sulfonamides is 1. The normalized spacial score (nSPS) is 11.7. The molecule has 2 rings (SSSR count). The first kappa shape index (κ1) is 18.5. The van der Waals surface area contributed by atoms with Crippen LogP contribution in [0.15, 0.2) is 47.4 Å². The zero-order chi connectivity index (χ0) is 18.8. The fourth-order valence-corrected chi connectivity index (χ4v) is 3.35. The summed E-state index contributed by atoms with van der Waals surface area (Å²) >= 11 is 0. The summed E-state index contributed by atoms with van der Waals surface area (Å²) in [5, 5.41) is 9.12. The summed E-state index contributed by atoms with van der Waals surface area (Å²) < 4.78 is 61.8. The van der Waals surface area contributed by atoms with Crippen molar-refractivity contribution in [2.45, 2.75) is 4.90 Å². The Morgan fingerprint density at radius 1 is 1.04 bits per heavy atom. The lowest BCUT2D eigenvalue weighted by molar-refractivity contribution is 0.0695. The van der Waals surface area contributed by atoms with E-state index in [4.69, 9.17) is 15.4 Å². The average molecular weight is 388 g/mol. The van der Waals surface area contributed by atoms with Gasteiger partial charge in [-0.15, -0.1) is 0 Å². The molecule has 2 aromatic carbocycles. The second kappa shape index (κ2) is 6.58. The molecule has 0 aliphatic rings. The second-order valence-corrected chi connectivity index (χ2v) is 7.35. The van der Waals surface area contributed by atoms with Gasteiger partial charge >= 0.3 is 16.4 Å². The third-order valence-electron chi connectivity index (χ3n) is 2.90. The Morgan fingerprint density at radius 3 is 2.16 bits per heavy atom. The highest BCUT2D eigenvalue weighted by atomic mass is 32.3. The Hall–Kier alpha value is -2.83. The molecule has 134 valence electrons. The maximum Gasteiger partial charge on any atom is 0.446 e. The lowest BCUT2D eigenvalue weighted by atomic mass is 10.1.